The Labute approximate surface area is 215 Å². The number of rotatable bonds is 9. The molecule has 0 radical (unpaired) electrons. The molecule has 4 rings (SSSR count). The molecule has 37 heavy (non-hydrogen) atoms. The smallest absolute Gasteiger partial charge is 0.264 e. The Bertz CT molecular complexity index is 1430. The van der Waals surface area contributed by atoms with Crippen LogP contribution in [0, 0.1) is 0 Å². The van der Waals surface area contributed by atoms with Crippen LogP contribution in [0.15, 0.2) is 53.6 Å². The van der Waals surface area contributed by atoms with Crippen molar-refractivity contribution in [2.24, 2.45) is 0 Å². The van der Waals surface area contributed by atoms with E-state index >= 15 is 0 Å². The number of hydrogen-bond acceptors (Lipinski definition) is 8. The van der Waals surface area contributed by atoms with Crippen molar-refractivity contribution in [2.75, 3.05) is 20.0 Å². The number of carbonyl (C=O) groups excluding carboxylic acids is 1. The van der Waals surface area contributed by atoms with Crippen LogP contribution in [-0.4, -0.2) is 54.9 Å². The van der Waals surface area contributed by atoms with E-state index in [2.05, 4.69) is 10.5 Å². The van der Waals surface area contributed by atoms with Gasteiger partial charge in [0.05, 0.1) is 7.11 Å². The SMILES string of the molecule is COc1ccc(-c2ccc3c(=O)n(CC[C@](C)(C(=O)NOC4CCCCO4)S(C)(=O)=O)ccc3c2)cn1. The number of nitrogens with zero attached hydrogens (tertiary/aromatic N) is 2. The maximum Gasteiger partial charge on any atom is 0.264 e. The van der Waals surface area contributed by atoms with Crippen LogP contribution in [0.1, 0.15) is 32.6 Å². The van der Waals surface area contributed by atoms with Gasteiger partial charge in [0.15, 0.2) is 20.9 Å². The summed E-state index contributed by atoms with van der Waals surface area (Å²) >= 11 is 0. The molecule has 1 N–H and O–H groups in total. The van der Waals surface area contributed by atoms with E-state index in [9.17, 15) is 18.0 Å². The zero-order valence-corrected chi connectivity index (χ0v) is 21.9. The van der Waals surface area contributed by atoms with E-state index in [-0.39, 0.29) is 18.5 Å². The van der Waals surface area contributed by atoms with Gasteiger partial charge in [0.25, 0.3) is 11.5 Å². The summed E-state index contributed by atoms with van der Waals surface area (Å²) in [6.07, 6.45) is 6.00. The first-order chi connectivity index (χ1) is 17.6. The molecule has 11 heteroatoms. The van der Waals surface area contributed by atoms with Gasteiger partial charge in [-0.3, -0.25) is 9.59 Å². The van der Waals surface area contributed by atoms with Gasteiger partial charge in [-0.1, -0.05) is 6.07 Å². The standard InChI is InChI=1S/C26H31N3O7S/c1-26(37(3,32)33,25(31)28-36-23-6-4-5-15-35-23)12-14-29-13-11-19-16-18(7-9-21(19)24(29)30)20-8-10-22(34-2)27-17-20/h7-11,13,16-17,23H,4-6,12,14-15H2,1-3H3,(H,28,31)/t23?,26-/m1/s1. The van der Waals surface area contributed by atoms with Crippen LogP contribution in [-0.2, 0) is 30.8 Å². The van der Waals surface area contributed by atoms with Crippen LogP contribution in [0.5, 0.6) is 5.88 Å². The van der Waals surface area contributed by atoms with Crippen molar-refractivity contribution in [3.05, 3.63) is 59.1 Å². The molecule has 1 aromatic carbocycles. The number of hydroxylamine groups is 1. The summed E-state index contributed by atoms with van der Waals surface area (Å²) in [5.41, 5.74) is 3.76. The van der Waals surface area contributed by atoms with Gasteiger partial charge >= 0.3 is 0 Å². The van der Waals surface area contributed by atoms with Gasteiger partial charge in [-0.2, -0.15) is 0 Å². The van der Waals surface area contributed by atoms with Crippen molar-refractivity contribution in [1.29, 1.82) is 0 Å². The first-order valence-corrected chi connectivity index (χ1v) is 13.9. The Hall–Kier alpha value is -3.28. The highest BCUT2D eigenvalue weighted by Gasteiger charge is 2.44. The monoisotopic (exact) mass is 529 g/mol. The summed E-state index contributed by atoms with van der Waals surface area (Å²) in [6.45, 7) is 1.88. The molecule has 198 valence electrons. The van der Waals surface area contributed by atoms with E-state index in [1.165, 1.54) is 11.5 Å². The first kappa shape index (κ1) is 26.8. The number of pyridine rings is 2. The Morgan fingerprint density at radius 1 is 1.22 bits per heavy atom. The van der Waals surface area contributed by atoms with Crippen molar-refractivity contribution in [3.63, 3.8) is 0 Å². The second-order valence-corrected chi connectivity index (χ2v) is 11.7. The predicted octanol–water partition coefficient (Wildman–Crippen LogP) is 2.84. The Morgan fingerprint density at radius 3 is 2.65 bits per heavy atom. The molecule has 3 heterocycles. The van der Waals surface area contributed by atoms with Gasteiger partial charge in [-0.05, 0) is 61.4 Å². The number of sulfone groups is 1. The number of hydrogen-bond donors (Lipinski definition) is 1. The van der Waals surface area contributed by atoms with Crippen LogP contribution in [0.2, 0.25) is 0 Å². The summed E-state index contributed by atoms with van der Waals surface area (Å²) in [7, 11) is -2.30. The Kier molecular flexibility index (Phi) is 7.96. The number of carbonyl (C=O) groups is 1. The molecule has 1 saturated heterocycles. The van der Waals surface area contributed by atoms with Gasteiger partial charge in [-0.15, -0.1) is 0 Å². The maximum absolute atomic E-state index is 13.2. The number of aromatic nitrogens is 2. The molecule has 1 aliphatic rings. The third kappa shape index (κ3) is 5.84. The van der Waals surface area contributed by atoms with Crippen LogP contribution >= 0.6 is 0 Å². The predicted molar refractivity (Wildman–Crippen MR) is 139 cm³/mol. The van der Waals surface area contributed by atoms with Crippen molar-refractivity contribution < 1.29 is 27.5 Å². The third-order valence-corrected chi connectivity index (χ3v) is 8.83. The van der Waals surface area contributed by atoms with Crippen LogP contribution in [0.25, 0.3) is 21.9 Å². The summed E-state index contributed by atoms with van der Waals surface area (Å²) in [4.78, 5) is 35.6. The molecule has 3 aromatic rings. The number of fused-ring (bicyclic) bond motifs is 1. The minimum atomic E-state index is -3.85. The molecule has 1 unspecified atom stereocenters. The van der Waals surface area contributed by atoms with Gasteiger partial charge < -0.3 is 14.0 Å². The number of amides is 1. The number of ether oxygens (including phenoxy) is 2. The van der Waals surface area contributed by atoms with E-state index < -0.39 is 26.8 Å². The van der Waals surface area contributed by atoms with E-state index in [1.54, 1.807) is 37.7 Å². The Balaban J connectivity index is 1.52. The largest absolute Gasteiger partial charge is 0.481 e. The van der Waals surface area contributed by atoms with Crippen molar-refractivity contribution >= 4 is 26.5 Å². The van der Waals surface area contributed by atoms with Crippen LogP contribution in [0.4, 0.5) is 0 Å². The second-order valence-electron chi connectivity index (χ2n) is 9.30. The van der Waals surface area contributed by atoms with Crippen molar-refractivity contribution in [3.8, 4) is 17.0 Å². The third-order valence-electron chi connectivity index (χ3n) is 6.81. The molecular formula is C26H31N3O7S. The molecule has 1 amide bonds. The molecule has 2 aromatic heterocycles. The second kappa shape index (κ2) is 11.0. The highest BCUT2D eigenvalue weighted by atomic mass is 32.2. The molecule has 1 fully saturated rings. The van der Waals surface area contributed by atoms with Crippen molar-refractivity contribution in [1.82, 2.24) is 15.0 Å². The molecule has 1 aliphatic heterocycles. The topological polar surface area (TPSA) is 126 Å². The minimum Gasteiger partial charge on any atom is -0.481 e. The highest BCUT2D eigenvalue weighted by molar-refractivity contribution is 7.92. The molecule has 0 saturated carbocycles. The zero-order valence-electron chi connectivity index (χ0n) is 21.1. The molecule has 0 bridgehead atoms. The Morgan fingerprint density at radius 2 is 2.00 bits per heavy atom. The molecular weight excluding hydrogens is 498 g/mol. The van der Waals surface area contributed by atoms with Crippen molar-refractivity contribution in [2.45, 2.75) is 50.2 Å². The summed E-state index contributed by atoms with van der Waals surface area (Å²) in [5, 5.41) is 1.22. The van der Waals surface area contributed by atoms with E-state index in [1.807, 2.05) is 18.2 Å². The van der Waals surface area contributed by atoms with E-state index in [0.717, 1.165) is 35.6 Å². The quantitative estimate of drug-likeness (QED) is 0.420. The molecule has 2 atom stereocenters. The average molecular weight is 530 g/mol. The number of benzene rings is 1. The fourth-order valence-corrected chi connectivity index (χ4v) is 4.99. The lowest BCUT2D eigenvalue weighted by molar-refractivity contribution is -0.201. The highest BCUT2D eigenvalue weighted by Crippen LogP contribution is 2.25. The zero-order chi connectivity index (χ0) is 26.6. The van der Waals surface area contributed by atoms with Gasteiger partial charge in [0.1, 0.15) is 0 Å². The molecule has 0 aliphatic carbocycles. The van der Waals surface area contributed by atoms with E-state index in [0.29, 0.717) is 24.3 Å². The first-order valence-electron chi connectivity index (χ1n) is 12.0. The minimum absolute atomic E-state index is 0.0237. The number of nitrogens with one attached hydrogen (secondary N) is 1. The molecule has 10 nitrogen and oxygen atoms in total. The summed E-state index contributed by atoms with van der Waals surface area (Å²) in [6, 6.07) is 10.9. The molecule has 0 spiro atoms. The van der Waals surface area contributed by atoms with Gasteiger partial charge in [-0.25, -0.2) is 23.7 Å². The van der Waals surface area contributed by atoms with Crippen LogP contribution < -0.4 is 15.8 Å². The lowest BCUT2D eigenvalue weighted by atomic mass is 10.0. The summed E-state index contributed by atoms with van der Waals surface area (Å²) in [5.74, 6) is -0.285. The van der Waals surface area contributed by atoms with Gasteiger partial charge in [0.2, 0.25) is 5.88 Å². The normalized spacial score (nSPS) is 17.8. The average Bonchev–Trinajstić information content (AvgIpc) is 2.91. The number of methoxy groups -OCH3 is 1. The fraction of sp³-hybridized carbons (Fsp3) is 0.423. The van der Waals surface area contributed by atoms with E-state index in [4.69, 9.17) is 14.3 Å². The lowest BCUT2D eigenvalue weighted by Crippen LogP contribution is -2.51. The number of aryl methyl sites for hydroxylation is 1. The fourth-order valence-electron chi connectivity index (χ4n) is 4.15. The van der Waals surface area contributed by atoms with Gasteiger partial charge in [0, 0.05) is 55.2 Å². The summed E-state index contributed by atoms with van der Waals surface area (Å²) < 4.78 is 35.4. The van der Waals surface area contributed by atoms with Crippen LogP contribution in [0.3, 0.4) is 0 Å². The lowest BCUT2D eigenvalue weighted by Gasteiger charge is -2.28. The maximum atomic E-state index is 13.2.